The number of benzene rings is 2. The first-order valence-electron chi connectivity index (χ1n) is 8.52. The van der Waals surface area contributed by atoms with E-state index in [9.17, 15) is 4.79 Å². The Balaban J connectivity index is 1.44. The molecule has 5 heteroatoms. The lowest BCUT2D eigenvalue weighted by molar-refractivity contribution is -0.116. The third-order valence-corrected chi connectivity index (χ3v) is 5.16. The minimum absolute atomic E-state index is 0.0696. The van der Waals surface area contributed by atoms with Crippen molar-refractivity contribution in [3.63, 3.8) is 0 Å². The Morgan fingerprint density at radius 1 is 1.08 bits per heavy atom. The van der Waals surface area contributed by atoms with Gasteiger partial charge in [-0.2, -0.15) is 0 Å². The van der Waals surface area contributed by atoms with E-state index in [4.69, 9.17) is 9.47 Å². The van der Waals surface area contributed by atoms with Crippen molar-refractivity contribution in [1.82, 2.24) is 0 Å². The summed E-state index contributed by atoms with van der Waals surface area (Å²) in [7, 11) is 0. The van der Waals surface area contributed by atoms with Gasteiger partial charge < -0.3 is 14.8 Å². The van der Waals surface area contributed by atoms with Crippen molar-refractivity contribution >= 4 is 23.4 Å². The van der Waals surface area contributed by atoms with Crippen molar-refractivity contribution < 1.29 is 14.3 Å². The average molecular weight is 357 g/mol. The number of aryl methyl sites for hydroxylation is 2. The second-order valence-corrected chi connectivity index (χ2v) is 7.24. The molecule has 0 spiro atoms. The fourth-order valence-corrected chi connectivity index (χ4v) is 3.63. The Kier molecular flexibility index (Phi) is 5.87. The number of rotatable bonds is 6. The molecule has 1 N–H and O–H groups in total. The molecule has 1 aliphatic rings. The summed E-state index contributed by atoms with van der Waals surface area (Å²) in [5, 5.41) is 3.03. The monoisotopic (exact) mass is 357 g/mol. The first-order valence-corrected chi connectivity index (χ1v) is 9.50. The molecule has 0 saturated carbocycles. The topological polar surface area (TPSA) is 47.6 Å². The zero-order valence-electron chi connectivity index (χ0n) is 14.6. The highest BCUT2D eigenvalue weighted by Gasteiger charge is 2.12. The van der Waals surface area contributed by atoms with Crippen LogP contribution < -0.4 is 14.8 Å². The van der Waals surface area contributed by atoms with E-state index in [2.05, 4.69) is 5.32 Å². The fraction of sp³-hybridized carbons (Fsp3) is 0.350. The molecule has 4 nitrogen and oxygen atoms in total. The Bertz CT molecular complexity index is 740. The van der Waals surface area contributed by atoms with Gasteiger partial charge in [0.2, 0.25) is 5.91 Å². The van der Waals surface area contributed by atoms with Crippen LogP contribution in [0.3, 0.4) is 0 Å². The number of hydrogen-bond donors (Lipinski definition) is 1. The van der Waals surface area contributed by atoms with E-state index >= 15 is 0 Å². The molecular formula is C20H23NO3S. The summed E-state index contributed by atoms with van der Waals surface area (Å²) in [4.78, 5) is 13.3. The minimum atomic E-state index is 0.0696. The third-order valence-electron chi connectivity index (χ3n) is 4.08. The summed E-state index contributed by atoms with van der Waals surface area (Å²) in [5.74, 6) is 2.58. The van der Waals surface area contributed by atoms with E-state index in [-0.39, 0.29) is 5.91 Å². The van der Waals surface area contributed by atoms with Gasteiger partial charge in [0.05, 0.1) is 0 Å². The number of carbonyl (C=O) groups excluding carboxylic acids is 1. The van der Waals surface area contributed by atoms with Gasteiger partial charge in [0.1, 0.15) is 13.2 Å². The van der Waals surface area contributed by atoms with Crippen molar-refractivity contribution in [2.24, 2.45) is 0 Å². The highest BCUT2D eigenvalue weighted by atomic mass is 32.2. The van der Waals surface area contributed by atoms with E-state index in [0.717, 1.165) is 45.4 Å². The van der Waals surface area contributed by atoms with Crippen LogP contribution in [0.5, 0.6) is 11.5 Å². The van der Waals surface area contributed by atoms with Crippen LogP contribution in [-0.2, 0) is 4.79 Å². The maximum absolute atomic E-state index is 12.2. The fourth-order valence-electron chi connectivity index (χ4n) is 2.75. The van der Waals surface area contributed by atoms with Crippen molar-refractivity contribution in [3.05, 3.63) is 47.5 Å². The van der Waals surface area contributed by atoms with Crippen LogP contribution in [0.2, 0.25) is 0 Å². The number of ether oxygens (including phenoxy) is 2. The molecule has 0 saturated heterocycles. The summed E-state index contributed by atoms with van der Waals surface area (Å²) < 4.78 is 11.1. The van der Waals surface area contributed by atoms with Gasteiger partial charge in [-0.15, -0.1) is 11.8 Å². The van der Waals surface area contributed by atoms with Crippen molar-refractivity contribution in [1.29, 1.82) is 0 Å². The second kappa shape index (κ2) is 8.30. The molecule has 0 fully saturated rings. The van der Waals surface area contributed by atoms with Crippen molar-refractivity contribution in [2.75, 3.05) is 24.3 Å². The predicted molar refractivity (Wildman–Crippen MR) is 102 cm³/mol. The first-order chi connectivity index (χ1) is 12.1. The van der Waals surface area contributed by atoms with E-state index in [0.29, 0.717) is 19.6 Å². The Hall–Kier alpha value is -2.14. The lowest BCUT2D eigenvalue weighted by Crippen LogP contribution is -2.15. The molecule has 3 rings (SSSR count). The normalized spacial score (nSPS) is 12.7. The molecule has 2 aromatic rings. The highest BCUT2D eigenvalue weighted by molar-refractivity contribution is 7.99. The van der Waals surface area contributed by atoms with Crippen LogP contribution >= 0.6 is 11.8 Å². The summed E-state index contributed by atoms with van der Waals surface area (Å²) in [5.41, 5.74) is 3.13. The molecule has 1 heterocycles. The molecule has 1 aliphatic heterocycles. The van der Waals surface area contributed by atoms with Crippen LogP contribution in [-0.4, -0.2) is 24.9 Å². The molecule has 0 radical (unpaired) electrons. The number of thioether (sulfide) groups is 1. The van der Waals surface area contributed by atoms with Gasteiger partial charge in [-0.05, 0) is 55.3 Å². The number of para-hydroxylation sites is 1. The van der Waals surface area contributed by atoms with Gasteiger partial charge in [-0.25, -0.2) is 0 Å². The van der Waals surface area contributed by atoms with Crippen LogP contribution in [0.4, 0.5) is 5.69 Å². The molecular weight excluding hydrogens is 334 g/mol. The Morgan fingerprint density at radius 2 is 1.80 bits per heavy atom. The molecule has 0 atom stereocenters. The molecule has 0 bridgehead atoms. The van der Waals surface area contributed by atoms with Gasteiger partial charge in [-0.3, -0.25) is 4.79 Å². The molecule has 25 heavy (non-hydrogen) atoms. The highest BCUT2D eigenvalue weighted by Crippen LogP contribution is 2.34. The summed E-state index contributed by atoms with van der Waals surface area (Å²) in [6.07, 6.45) is 1.35. The van der Waals surface area contributed by atoms with Gasteiger partial charge in [-0.1, -0.05) is 18.2 Å². The number of carbonyl (C=O) groups is 1. The van der Waals surface area contributed by atoms with Crippen molar-refractivity contribution in [3.8, 4) is 11.5 Å². The zero-order chi connectivity index (χ0) is 17.6. The number of nitrogens with one attached hydrogen (secondary N) is 1. The zero-order valence-corrected chi connectivity index (χ0v) is 15.4. The Labute approximate surface area is 152 Å². The number of amides is 1. The van der Waals surface area contributed by atoms with Crippen molar-refractivity contribution in [2.45, 2.75) is 31.6 Å². The standard InChI is InChI=1S/C20H23NO3S/c1-14-5-3-6-15(2)20(14)21-19(22)7-4-12-25-16-8-9-17-18(13-16)24-11-10-23-17/h3,5-6,8-9,13H,4,7,10-12H2,1-2H3,(H,21,22). The maximum atomic E-state index is 12.2. The van der Waals surface area contributed by atoms with Gasteiger partial charge in [0.25, 0.3) is 0 Å². The molecule has 0 aliphatic carbocycles. The van der Waals surface area contributed by atoms with E-state index in [1.807, 2.05) is 50.2 Å². The third kappa shape index (κ3) is 4.69. The smallest absolute Gasteiger partial charge is 0.224 e. The van der Waals surface area contributed by atoms with Gasteiger partial charge in [0.15, 0.2) is 11.5 Å². The SMILES string of the molecule is Cc1cccc(C)c1NC(=O)CCCSc1ccc2c(c1)OCCO2. The summed E-state index contributed by atoms with van der Waals surface area (Å²) in [6, 6.07) is 12.0. The predicted octanol–water partition coefficient (Wildman–Crippen LogP) is 4.59. The van der Waals surface area contributed by atoms with Crippen LogP contribution in [0.1, 0.15) is 24.0 Å². The quantitative estimate of drug-likeness (QED) is 0.607. The van der Waals surface area contributed by atoms with Gasteiger partial charge in [0, 0.05) is 17.0 Å². The molecule has 2 aromatic carbocycles. The maximum Gasteiger partial charge on any atom is 0.224 e. The number of anilines is 1. The molecule has 0 unspecified atom stereocenters. The molecule has 0 aromatic heterocycles. The minimum Gasteiger partial charge on any atom is -0.486 e. The number of hydrogen-bond acceptors (Lipinski definition) is 4. The van der Waals surface area contributed by atoms with Gasteiger partial charge >= 0.3 is 0 Å². The van der Waals surface area contributed by atoms with E-state index in [1.165, 1.54) is 0 Å². The number of fused-ring (bicyclic) bond motifs is 1. The summed E-state index contributed by atoms with van der Waals surface area (Å²) in [6.45, 7) is 5.23. The average Bonchev–Trinajstić information content (AvgIpc) is 2.62. The molecule has 1 amide bonds. The van der Waals surface area contributed by atoms with Crippen LogP contribution in [0.15, 0.2) is 41.3 Å². The second-order valence-electron chi connectivity index (χ2n) is 6.07. The summed E-state index contributed by atoms with van der Waals surface area (Å²) >= 11 is 1.73. The lowest BCUT2D eigenvalue weighted by Gasteiger charge is -2.18. The molecule has 132 valence electrons. The van der Waals surface area contributed by atoms with Crippen LogP contribution in [0.25, 0.3) is 0 Å². The van der Waals surface area contributed by atoms with Crippen LogP contribution in [0, 0.1) is 13.8 Å². The largest absolute Gasteiger partial charge is 0.486 e. The van der Waals surface area contributed by atoms with E-state index in [1.54, 1.807) is 11.8 Å². The lowest BCUT2D eigenvalue weighted by atomic mass is 10.1. The first kappa shape index (κ1) is 17.7. The van der Waals surface area contributed by atoms with E-state index < -0.39 is 0 Å². The Morgan fingerprint density at radius 3 is 2.56 bits per heavy atom.